The van der Waals surface area contributed by atoms with Gasteiger partial charge < -0.3 is 10.6 Å². The van der Waals surface area contributed by atoms with Crippen molar-refractivity contribution in [3.8, 4) is 0 Å². The summed E-state index contributed by atoms with van der Waals surface area (Å²) in [6.45, 7) is 6.51. The van der Waals surface area contributed by atoms with E-state index in [0.29, 0.717) is 5.56 Å². The van der Waals surface area contributed by atoms with Crippen LogP contribution in [-0.2, 0) is 6.54 Å². The van der Waals surface area contributed by atoms with E-state index in [1.165, 1.54) is 0 Å². The van der Waals surface area contributed by atoms with Gasteiger partial charge in [-0.15, -0.1) is 0 Å². The van der Waals surface area contributed by atoms with E-state index in [9.17, 15) is 4.79 Å². The molecular weight excluding hydrogens is 336 g/mol. The molecule has 0 aliphatic carbocycles. The van der Waals surface area contributed by atoms with Crippen LogP contribution < -0.4 is 10.6 Å². The molecule has 0 saturated carbocycles. The summed E-state index contributed by atoms with van der Waals surface area (Å²) in [5, 5.41) is 0.830. The van der Waals surface area contributed by atoms with E-state index in [2.05, 4.69) is 31.7 Å². The number of carbonyl (C=O) groups excluding carboxylic acids is 1. The topological polar surface area (TPSA) is 88.2 Å². The first kappa shape index (κ1) is 17.6. The standard InChI is InChI=1S/C17H22N6OS/c1-2-25-17-20-10-13(11-21-17)12-22-5-7-23(8-6-22)15-9-14(16(18)24)3-4-19-15/h3-4,9-11H,2,5-8,12H2,1H3,(H2,18,24). The Morgan fingerprint density at radius 1 is 1.20 bits per heavy atom. The molecular formula is C17H22N6OS. The van der Waals surface area contributed by atoms with Gasteiger partial charge in [-0.25, -0.2) is 15.0 Å². The number of nitrogens with two attached hydrogens (primary N) is 1. The number of amides is 1. The van der Waals surface area contributed by atoms with Crippen molar-refractivity contribution < 1.29 is 4.79 Å². The number of hydrogen-bond donors (Lipinski definition) is 1. The number of carbonyl (C=O) groups is 1. The lowest BCUT2D eigenvalue weighted by Crippen LogP contribution is -2.46. The molecule has 0 bridgehead atoms. The minimum atomic E-state index is -0.424. The van der Waals surface area contributed by atoms with Crippen molar-refractivity contribution in [2.24, 2.45) is 5.73 Å². The highest BCUT2D eigenvalue weighted by atomic mass is 32.2. The summed E-state index contributed by atoms with van der Waals surface area (Å²) in [6.07, 6.45) is 5.46. The van der Waals surface area contributed by atoms with Gasteiger partial charge in [0.25, 0.3) is 0 Å². The molecule has 1 aliphatic heterocycles. The highest BCUT2D eigenvalue weighted by molar-refractivity contribution is 7.99. The lowest BCUT2D eigenvalue weighted by molar-refractivity contribution is 0.1000. The van der Waals surface area contributed by atoms with E-state index in [0.717, 1.165) is 55.0 Å². The van der Waals surface area contributed by atoms with Gasteiger partial charge in [0.1, 0.15) is 5.82 Å². The van der Waals surface area contributed by atoms with E-state index in [4.69, 9.17) is 5.73 Å². The number of thioether (sulfide) groups is 1. The first-order chi connectivity index (χ1) is 12.2. The van der Waals surface area contributed by atoms with Gasteiger partial charge >= 0.3 is 0 Å². The Kier molecular flexibility index (Phi) is 5.83. The van der Waals surface area contributed by atoms with Gasteiger partial charge in [0.15, 0.2) is 5.16 Å². The smallest absolute Gasteiger partial charge is 0.248 e. The highest BCUT2D eigenvalue weighted by Gasteiger charge is 2.19. The lowest BCUT2D eigenvalue weighted by atomic mass is 10.2. The predicted octanol–water partition coefficient (Wildman–Crippen LogP) is 1.40. The minimum absolute atomic E-state index is 0.424. The van der Waals surface area contributed by atoms with E-state index in [1.54, 1.807) is 30.1 Å². The third-order valence-electron chi connectivity index (χ3n) is 4.09. The van der Waals surface area contributed by atoms with Crippen LogP contribution in [0, 0.1) is 0 Å². The molecule has 0 atom stereocenters. The van der Waals surface area contributed by atoms with Gasteiger partial charge in [-0.05, 0) is 17.9 Å². The Morgan fingerprint density at radius 3 is 2.56 bits per heavy atom. The molecule has 2 aromatic heterocycles. The maximum Gasteiger partial charge on any atom is 0.248 e. The van der Waals surface area contributed by atoms with Crippen LogP contribution in [0.3, 0.4) is 0 Å². The number of piperazine rings is 1. The maximum absolute atomic E-state index is 11.3. The zero-order valence-corrected chi connectivity index (χ0v) is 15.1. The third-order valence-corrected chi connectivity index (χ3v) is 4.85. The molecule has 2 N–H and O–H groups in total. The second kappa shape index (κ2) is 8.26. The number of pyridine rings is 1. The largest absolute Gasteiger partial charge is 0.366 e. The number of aromatic nitrogens is 3. The number of primary amides is 1. The van der Waals surface area contributed by atoms with Gasteiger partial charge in [-0.2, -0.15) is 0 Å². The van der Waals surface area contributed by atoms with Gasteiger partial charge in [0, 0.05) is 62.4 Å². The SMILES string of the molecule is CCSc1ncc(CN2CCN(c3cc(C(N)=O)ccn3)CC2)cn1. The lowest BCUT2D eigenvalue weighted by Gasteiger charge is -2.35. The van der Waals surface area contributed by atoms with E-state index in [1.807, 2.05) is 12.4 Å². The van der Waals surface area contributed by atoms with Crippen LogP contribution >= 0.6 is 11.8 Å². The Bertz CT molecular complexity index is 715. The van der Waals surface area contributed by atoms with Crippen LogP contribution in [0.4, 0.5) is 5.82 Å². The first-order valence-corrected chi connectivity index (χ1v) is 9.31. The fraction of sp³-hybridized carbons (Fsp3) is 0.412. The Hall–Kier alpha value is -2.19. The number of anilines is 1. The highest BCUT2D eigenvalue weighted by Crippen LogP contribution is 2.17. The van der Waals surface area contributed by atoms with Crippen LogP contribution in [0.15, 0.2) is 35.9 Å². The van der Waals surface area contributed by atoms with Gasteiger partial charge in [-0.3, -0.25) is 9.69 Å². The molecule has 1 aliphatic rings. The maximum atomic E-state index is 11.3. The monoisotopic (exact) mass is 358 g/mol. The van der Waals surface area contributed by atoms with Crippen molar-refractivity contribution >= 4 is 23.5 Å². The summed E-state index contributed by atoms with van der Waals surface area (Å²) in [7, 11) is 0. The van der Waals surface area contributed by atoms with E-state index >= 15 is 0 Å². The fourth-order valence-corrected chi connectivity index (χ4v) is 3.28. The zero-order valence-electron chi connectivity index (χ0n) is 14.3. The van der Waals surface area contributed by atoms with Crippen LogP contribution in [0.2, 0.25) is 0 Å². The molecule has 1 amide bonds. The number of rotatable bonds is 6. The van der Waals surface area contributed by atoms with Crippen LogP contribution in [-0.4, -0.2) is 57.7 Å². The molecule has 0 unspecified atom stereocenters. The van der Waals surface area contributed by atoms with Crippen molar-refractivity contribution in [3.05, 3.63) is 41.9 Å². The molecule has 1 saturated heterocycles. The minimum Gasteiger partial charge on any atom is -0.366 e. The van der Waals surface area contributed by atoms with Crippen molar-refractivity contribution in [1.82, 2.24) is 19.9 Å². The van der Waals surface area contributed by atoms with Crippen molar-refractivity contribution in [2.75, 3.05) is 36.8 Å². The second-order valence-corrected chi connectivity index (χ2v) is 7.07. The molecule has 3 rings (SSSR count). The fourth-order valence-electron chi connectivity index (χ4n) is 2.77. The summed E-state index contributed by atoms with van der Waals surface area (Å²) >= 11 is 1.65. The van der Waals surface area contributed by atoms with E-state index in [-0.39, 0.29) is 0 Å². The molecule has 0 spiro atoms. The summed E-state index contributed by atoms with van der Waals surface area (Å²) in [4.78, 5) is 29.0. The second-order valence-electron chi connectivity index (χ2n) is 5.84. The molecule has 8 heteroatoms. The quantitative estimate of drug-likeness (QED) is 0.617. The summed E-state index contributed by atoms with van der Waals surface area (Å²) < 4.78 is 0. The normalized spacial score (nSPS) is 15.3. The summed E-state index contributed by atoms with van der Waals surface area (Å²) in [6, 6.07) is 3.40. The Labute approximate surface area is 151 Å². The van der Waals surface area contributed by atoms with Gasteiger partial charge in [0.2, 0.25) is 5.91 Å². The van der Waals surface area contributed by atoms with Gasteiger partial charge in [-0.1, -0.05) is 18.7 Å². The average Bonchev–Trinajstić information content (AvgIpc) is 2.64. The molecule has 25 heavy (non-hydrogen) atoms. The molecule has 7 nitrogen and oxygen atoms in total. The molecule has 132 valence electrons. The third kappa shape index (κ3) is 4.67. The number of nitrogens with zero attached hydrogens (tertiary/aromatic N) is 5. The van der Waals surface area contributed by atoms with Crippen molar-refractivity contribution in [1.29, 1.82) is 0 Å². The molecule has 1 fully saturated rings. The first-order valence-electron chi connectivity index (χ1n) is 8.32. The number of hydrogen-bond acceptors (Lipinski definition) is 7. The molecule has 2 aromatic rings. The molecule has 3 heterocycles. The van der Waals surface area contributed by atoms with Gasteiger partial charge in [0.05, 0.1) is 0 Å². The average molecular weight is 358 g/mol. The Morgan fingerprint density at radius 2 is 1.92 bits per heavy atom. The van der Waals surface area contributed by atoms with Crippen molar-refractivity contribution in [2.45, 2.75) is 18.6 Å². The van der Waals surface area contributed by atoms with Crippen LogP contribution in [0.5, 0.6) is 0 Å². The molecule has 0 aromatic carbocycles. The predicted molar refractivity (Wildman–Crippen MR) is 98.7 cm³/mol. The zero-order chi connectivity index (χ0) is 17.6. The van der Waals surface area contributed by atoms with Crippen LogP contribution in [0.1, 0.15) is 22.8 Å². The molecule has 0 radical (unpaired) electrons. The van der Waals surface area contributed by atoms with E-state index < -0.39 is 5.91 Å². The Balaban J connectivity index is 1.55. The summed E-state index contributed by atoms with van der Waals surface area (Å²) in [5.74, 6) is 1.36. The summed E-state index contributed by atoms with van der Waals surface area (Å²) in [5.41, 5.74) is 6.97. The van der Waals surface area contributed by atoms with Crippen molar-refractivity contribution in [3.63, 3.8) is 0 Å². The van der Waals surface area contributed by atoms with Crippen LogP contribution in [0.25, 0.3) is 0 Å².